The summed E-state index contributed by atoms with van der Waals surface area (Å²) in [6.07, 6.45) is -0.0976. The third-order valence-electron chi connectivity index (χ3n) is 4.63. The standard InChI is InChI=1S/C24H29BrO4/c1-5-27-23(24(26)28-6-2)15-19-7-13-22(14-8-19)29-16-17(3)18(4)20-9-11-21(25)12-10-20/h7-14,23H,5-6,15-16H2,1-4H3/t23-/m0/s1. The minimum absolute atomic E-state index is 0.321. The molecule has 0 aliphatic heterocycles. The second-order valence-corrected chi connectivity index (χ2v) is 7.66. The Balaban J connectivity index is 1.96. The van der Waals surface area contributed by atoms with Gasteiger partial charge in [0.1, 0.15) is 12.4 Å². The summed E-state index contributed by atoms with van der Waals surface area (Å²) >= 11 is 3.46. The molecule has 0 aliphatic rings. The Morgan fingerprint density at radius 3 is 2.21 bits per heavy atom. The number of carbonyl (C=O) groups is 1. The van der Waals surface area contributed by atoms with Gasteiger partial charge in [0.05, 0.1) is 6.61 Å². The lowest BCUT2D eigenvalue weighted by atomic mass is 10.0. The van der Waals surface area contributed by atoms with Crippen LogP contribution in [0.3, 0.4) is 0 Å². The SMILES string of the molecule is CCOC(=O)[C@H](Cc1ccc(OCC(C)=C(C)c2ccc(Br)cc2)cc1)OCC. The highest BCUT2D eigenvalue weighted by Gasteiger charge is 2.20. The topological polar surface area (TPSA) is 44.8 Å². The Kier molecular flexibility index (Phi) is 9.42. The van der Waals surface area contributed by atoms with Crippen LogP contribution in [0.5, 0.6) is 5.75 Å². The van der Waals surface area contributed by atoms with Crippen molar-refractivity contribution in [3.63, 3.8) is 0 Å². The zero-order chi connectivity index (χ0) is 21.2. The first-order valence-electron chi connectivity index (χ1n) is 9.86. The predicted octanol–water partition coefficient (Wildman–Crippen LogP) is 5.83. The first kappa shape index (κ1) is 23.2. The molecule has 156 valence electrons. The number of ether oxygens (including phenoxy) is 3. The molecule has 0 heterocycles. The van der Waals surface area contributed by atoms with Gasteiger partial charge in [-0.2, -0.15) is 0 Å². The summed E-state index contributed by atoms with van der Waals surface area (Å²) in [6.45, 7) is 9.19. The van der Waals surface area contributed by atoms with Crippen molar-refractivity contribution in [3.05, 3.63) is 69.7 Å². The highest BCUT2D eigenvalue weighted by atomic mass is 79.9. The smallest absolute Gasteiger partial charge is 0.335 e. The van der Waals surface area contributed by atoms with E-state index in [2.05, 4.69) is 41.9 Å². The molecule has 29 heavy (non-hydrogen) atoms. The van der Waals surface area contributed by atoms with Crippen LogP contribution in [0.2, 0.25) is 0 Å². The fraction of sp³-hybridized carbons (Fsp3) is 0.375. The second kappa shape index (κ2) is 11.8. The van der Waals surface area contributed by atoms with Gasteiger partial charge < -0.3 is 14.2 Å². The number of halogens is 1. The Labute approximate surface area is 182 Å². The van der Waals surface area contributed by atoms with Crippen LogP contribution in [0.25, 0.3) is 5.57 Å². The summed E-state index contributed by atoms with van der Waals surface area (Å²) in [7, 11) is 0. The number of rotatable bonds is 10. The molecule has 0 saturated carbocycles. The lowest BCUT2D eigenvalue weighted by Crippen LogP contribution is -2.28. The lowest BCUT2D eigenvalue weighted by Gasteiger charge is -2.16. The zero-order valence-corrected chi connectivity index (χ0v) is 19.1. The second-order valence-electron chi connectivity index (χ2n) is 6.75. The van der Waals surface area contributed by atoms with Crippen LogP contribution in [-0.4, -0.2) is 31.9 Å². The van der Waals surface area contributed by atoms with E-state index in [0.717, 1.165) is 15.8 Å². The fourth-order valence-corrected chi connectivity index (χ4v) is 3.09. The van der Waals surface area contributed by atoms with Crippen molar-refractivity contribution >= 4 is 27.5 Å². The molecule has 0 N–H and O–H groups in total. The van der Waals surface area contributed by atoms with Gasteiger partial charge in [-0.25, -0.2) is 4.79 Å². The van der Waals surface area contributed by atoms with Crippen LogP contribution < -0.4 is 4.74 Å². The summed E-state index contributed by atoms with van der Waals surface area (Å²) in [5.41, 5.74) is 4.57. The van der Waals surface area contributed by atoms with Crippen molar-refractivity contribution in [3.8, 4) is 5.75 Å². The van der Waals surface area contributed by atoms with Crippen LogP contribution in [0.1, 0.15) is 38.8 Å². The molecule has 2 rings (SSSR count). The van der Waals surface area contributed by atoms with Crippen molar-refractivity contribution in [2.45, 2.75) is 40.2 Å². The summed E-state index contributed by atoms with van der Waals surface area (Å²) in [6, 6.07) is 16.0. The van der Waals surface area contributed by atoms with Crippen molar-refractivity contribution in [1.29, 1.82) is 0 Å². The molecule has 5 heteroatoms. The maximum Gasteiger partial charge on any atom is 0.335 e. The molecule has 2 aromatic carbocycles. The van der Waals surface area contributed by atoms with Crippen LogP contribution in [0.15, 0.2) is 58.6 Å². The van der Waals surface area contributed by atoms with Gasteiger partial charge in [0.15, 0.2) is 6.10 Å². The third kappa shape index (κ3) is 7.33. The summed E-state index contributed by atoms with van der Waals surface area (Å²) < 4.78 is 17.6. The lowest BCUT2D eigenvalue weighted by molar-refractivity contribution is -0.156. The summed E-state index contributed by atoms with van der Waals surface area (Å²) in [5.74, 6) is 0.472. The van der Waals surface area contributed by atoms with E-state index in [4.69, 9.17) is 14.2 Å². The molecule has 0 aromatic heterocycles. The molecule has 0 radical (unpaired) electrons. The minimum atomic E-state index is -0.578. The van der Waals surface area contributed by atoms with E-state index in [1.54, 1.807) is 6.92 Å². The number of hydrogen-bond donors (Lipinski definition) is 0. The first-order chi connectivity index (χ1) is 13.9. The first-order valence-corrected chi connectivity index (χ1v) is 10.7. The average molecular weight is 461 g/mol. The quantitative estimate of drug-likeness (QED) is 0.418. The van der Waals surface area contributed by atoms with Gasteiger partial charge in [0.25, 0.3) is 0 Å². The minimum Gasteiger partial charge on any atom is -0.489 e. The summed E-state index contributed by atoms with van der Waals surface area (Å²) in [5, 5.41) is 0. The summed E-state index contributed by atoms with van der Waals surface area (Å²) in [4.78, 5) is 12.0. The molecule has 0 bridgehead atoms. The Morgan fingerprint density at radius 2 is 1.62 bits per heavy atom. The third-order valence-corrected chi connectivity index (χ3v) is 5.16. The number of esters is 1. The van der Waals surface area contributed by atoms with Crippen molar-refractivity contribution < 1.29 is 19.0 Å². The largest absolute Gasteiger partial charge is 0.489 e. The zero-order valence-electron chi connectivity index (χ0n) is 17.5. The Morgan fingerprint density at radius 1 is 0.966 bits per heavy atom. The molecule has 0 fully saturated rings. The van der Waals surface area contributed by atoms with E-state index in [1.807, 2.05) is 43.3 Å². The van der Waals surface area contributed by atoms with Crippen LogP contribution >= 0.6 is 15.9 Å². The normalized spacial score (nSPS) is 12.9. The fourth-order valence-electron chi connectivity index (χ4n) is 2.83. The van der Waals surface area contributed by atoms with Gasteiger partial charge >= 0.3 is 5.97 Å². The van der Waals surface area contributed by atoms with Crippen molar-refractivity contribution in [1.82, 2.24) is 0 Å². The number of benzene rings is 2. The van der Waals surface area contributed by atoms with Crippen molar-refractivity contribution in [2.24, 2.45) is 0 Å². The van der Waals surface area contributed by atoms with Gasteiger partial charge in [-0.05, 0) is 74.2 Å². The monoisotopic (exact) mass is 460 g/mol. The molecular weight excluding hydrogens is 432 g/mol. The molecule has 4 nitrogen and oxygen atoms in total. The van der Waals surface area contributed by atoms with Gasteiger partial charge in [-0.1, -0.05) is 40.2 Å². The number of hydrogen-bond acceptors (Lipinski definition) is 4. The van der Waals surface area contributed by atoms with E-state index in [-0.39, 0.29) is 5.97 Å². The van der Waals surface area contributed by atoms with Crippen molar-refractivity contribution in [2.75, 3.05) is 19.8 Å². The number of carbonyl (C=O) groups excluding carboxylic acids is 1. The molecular formula is C24H29BrO4. The van der Waals surface area contributed by atoms with E-state index in [0.29, 0.717) is 26.2 Å². The van der Waals surface area contributed by atoms with Gasteiger partial charge in [0, 0.05) is 17.5 Å². The van der Waals surface area contributed by atoms with Gasteiger partial charge in [-0.15, -0.1) is 0 Å². The molecule has 0 saturated heterocycles. The van der Waals surface area contributed by atoms with Gasteiger partial charge in [-0.3, -0.25) is 0 Å². The Bertz CT molecular complexity index is 810. The van der Waals surface area contributed by atoms with E-state index < -0.39 is 6.10 Å². The van der Waals surface area contributed by atoms with E-state index >= 15 is 0 Å². The van der Waals surface area contributed by atoms with Gasteiger partial charge in [0.2, 0.25) is 0 Å². The maximum atomic E-state index is 12.0. The molecule has 2 aromatic rings. The highest BCUT2D eigenvalue weighted by Crippen LogP contribution is 2.22. The van der Waals surface area contributed by atoms with E-state index in [1.165, 1.54) is 16.7 Å². The van der Waals surface area contributed by atoms with Crippen LogP contribution in [0.4, 0.5) is 0 Å². The molecule has 0 spiro atoms. The molecule has 0 amide bonds. The maximum absolute atomic E-state index is 12.0. The Hall–Kier alpha value is -2.11. The average Bonchev–Trinajstić information content (AvgIpc) is 2.73. The van der Waals surface area contributed by atoms with E-state index in [9.17, 15) is 4.79 Å². The van der Waals surface area contributed by atoms with Crippen LogP contribution in [0, 0.1) is 0 Å². The van der Waals surface area contributed by atoms with Crippen LogP contribution in [-0.2, 0) is 20.7 Å². The molecule has 0 unspecified atom stereocenters. The highest BCUT2D eigenvalue weighted by molar-refractivity contribution is 9.10. The predicted molar refractivity (Wildman–Crippen MR) is 120 cm³/mol. The number of allylic oxidation sites excluding steroid dienone is 1. The molecule has 1 atom stereocenters. The molecule has 0 aliphatic carbocycles.